The third kappa shape index (κ3) is 4.94. The molecule has 10 aromatic rings. The summed E-state index contributed by atoms with van der Waals surface area (Å²) in [6, 6.07) is 61.0. The highest BCUT2D eigenvalue weighted by Crippen LogP contribution is 2.41. The number of rotatable bonds is 5. The maximum absolute atomic E-state index is 5.22. The minimum absolute atomic E-state index is 0.626. The van der Waals surface area contributed by atoms with E-state index < -0.39 is 0 Å². The molecule has 0 saturated heterocycles. The van der Waals surface area contributed by atoms with Crippen LogP contribution in [0.3, 0.4) is 0 Å². The Kier molecular flexibility index (Phi) is 6.74. The lowest BCUT2D eigenvalue weighted by molar-refractivity contribution is 1.07. The molecule has 0 atom stereocenters. The van der Waals surface area contributed by atoms with Crippen LogP contribution in [0.15, 0.2) is 176 Å². The maximum atomic E-state index is 5.22. The number of fused-ring (bicyclic) bond motifs is 6. The Morgan fingerprint density at radius 2 is 0.843 bits per heavy atom. The van der Waals surface area contributed by atoms with Crippen LogP contribution in [-0.2, 0) is 0 Å². The molecule has 0 N–H and O–H groups in total. The van der Waals surface area contributed by atoms with E-state index in [1.54, 1.807) is 0 Å². The molecule has 51 heavy (non-hydrogen) atoms. The lowest BCUT2D eigenvalue weighted by atomic mass is 9.98. The van der Waals surface area contributed by atoms with Gasteiger partial charge in [-0.1, -0.05) is 140 Å². The predicted octanol–water partition coefficient (Wildman–Crippen LogP) is 11.3. The average Bonchev–Trinajstić information content (AvgIpc) is 3.53. The van der Waals surface area contributed by atoms with Gasteiger partial charge in [0, 0.05) is 49.5 Å². The monoisotopic (exact) mass is 651 g/mol. The molecular formula is C46H29N5. The van der Waals surface area contributed by atoms with Gasteiger partial charge in [0.05, 0.1) is 22.2 Å². The molecule has 0 radical (unpaired) electrons. The molecule has 0 fully saturated rings. The van der Waals surface area contributed by atoms with Crippen LogP contribution >= 0.6 is 0 Å². The summed E-state index contributed by atoms with van der Waals surface area (Å²) in [6.45, 7) is 0. The van der Waals surface area contributed by atoms with Gasteiger partial charge in [-0.15, -0.1) is 0 Å². The normalized spacial score (nSPS) is 11.5. The SMILES string of the molecule is c1ccc(-c2nc(-c3ccccc3)nc(-c3ccc4c5cc6c(-c7ccccc7)nc7ccccc7c6cc5n(-c5ccccc5)c4c3)n2)cc1. The zero-order chi connectivity index (χ0) is 33.7. The number of hydrogen-bond acceptors (Lipinski definition) is 4. The van der Waals surface area contributed by atoms with Crippen LogP contribution in [0.2, 0.25) is 0 Å². The van der Waals surface area contributed by atoms with Gasteiger partial charge in [0.1, 0.15) is 0 Å². The summed E-state index contributed by atoms with van der Waals surface area (Å²) in [5, 5.41) is 5.73. The number of nitrogens with zero attached hydrogens (tertiary/aromatic N) is 5. The first-order valence-electron chi connectivity index (χ1n) is 17.1. The molecule has 0 amide bonds. The largest absolute Gasteiger partial charge is 0.309 e. The Morgan fingerprint density at radius 1 is 0.314 bits per heavy atom. The summed E-state index contributed by atoms with van der Waals surface area (Å²) in [4.78, 5) is 20.2. The fourth-order valence-electron chi connectivity index (χ4n) is 7.21. The first-order chi connectivity index (χ1) is 25.3. The Labute approximate surface area is 294 Å². The number of aromatic nitrogens is 5. The highest BCUT2D eigenvalue weighted by molar-refractivity contribution is 6.20. The molecule has 5 heteroatoms. The molecule has 0 aliphatic heterocycles. The third-order valence-electron chi connectivity index (χ3n) is 9.61. The lowest BCUT2D eigenvalue weighted by Crippen LogP contribution is -2.00. The molecular weight excluding hydrogens is 623 g/mol. The Hall–Kier alpha value is -6.98. The van der Waals surface area contributed by atoms with Gasteiger partial charge in [0.25, 0.3) is 0 Å². The van der Waals surface area contributed by atoms with Crippen molar-refractivity contribution >= 4 is 43.5 Å². The van der Waals surface area contributed by atoms with Crippen molar-refractivity contribution in [3.8, 4) is 51.1 Å². The minimum Gasteiger partial charge on any atom is -0.309 e. The first-order valence-corrected chi connectivity index (χ1v) is 17.1. The first kappa shape index (κ1) is 29.0. The standard InChI is InChI=1S/C46H29N5/c1-5-15-30(16-6-1)43-39-28-38-36-26-25-33(46-49-44(31-17-7-2-8-18-31)48-45(50-46)32-19-9-3-10-20-32)27-41(36)51(34-21-11-4-12-22-34)42(38)29-37(39)35-23-13-14-24-40(35)47-43/h1-29H. The molecule has 0 aliphatic carbocycles. The zero-order valence-electron chi connectivity index (χ0n) is 27.5. The number of pyridine rings is 1. The van der Waals surface area contributed by atoms with Gasteiger partial charge in [0.15, 0.2) is 17.5 Å². The van der Waals surface area contributed by atoms with Crippen molar-refractivity contribution in [2.45, 2.75) is 0 Å². The second-order valence-electron chi connectivity index (χ2n) is 12.7. The maximum Gasteiger partial charge on any atom is 0.164 e. The fourth-order valence-corrected chi connectivity index (χ4v) is 7.21. The van der Waals surface area contributed by atoms with Gasteiger partial charge in [-0.2, -0.15) is 0 Å². The molecule has 0 saturated carbocycles. The molecule has 7 aromatic carbocycles. The van der Waals surface area contributed by atoms with Crippen LogP contribution in [0, 0.1) is 0 Å². The molecule has 3 aromatic heterocycles. The second-order valence-corrected chi connectivity index (χ2v) is 12.7. The molecule has 10 rings (SSSR count). The van der Waals surface area contributed by atoms with E-state index in [4.69, 9.17) is 19.9 Å². The van der Waals surface area contributed by atoms with Crippen LogP contribution in [0.4, 0.5) is 0 Å². The Balaban J connectivity index is 1.27. The van der Waals surface area contributed by atoms with Crippen molar-refractivity contribution in [3.05, 3.63) is 176 Å². The summed E-state index contributed by atoms with van der Waals surface area (Å²) in [6.07, 6.45) is 0. The number of hydrogen-bond donors (Lipinski definition) is 0. The summed E-state index contributed by atoms with van der Waals surface area (Å²) >= 11 is 0. The van der Waals surface area contributed by atoms with Crippen LogP contribution in [0.1, 0.15) is 0 Å². The summed E-state index contributed by atoms with van der Waals surface area (Å²) < 4.78 is 2.36. The van der Waals surface area contributed by atoms with Crippen molar-refractivity contribution < 1.29 is 0 Å². The smallest absolute Gasteiger partial charge is 0.164 e. The van der Waals surface area contributed by atoms with E-state index in [1.807, 2.05) is 66.7 Å². The van der Waals surface area contributed by atoms with Crippen LogP contribution in [-0.4, -0.2) is 24.5 Å². The van der Waals surface area contributed by atoms with Crippen molar-refractivity contribution in [1.82, 2.24) is 24.5 Å². The van der Waals surface area contributed by atoms with Crippen LogP contribution in [0.25, 0.3) is 94.6 Å². The van der Waals surface area contributed by atoms with Gasteiger partial charge < -0.3 is 4.57 Å². The van der Waals surface area contributed by atoms with Crippen LogP contribution in [0.5, 0.6) is 0 Å². The average molecular weight is 652 g/mol. The third-order valence-corrected chi connectivity index (χ3v) is 9.61. The molecule has 0 aliphatic rings. The summed E-state index contributed by atoms with van der Waals surface area (Å²) in [7, 11) is 0. The topological polar surface area (TPSA) is 56.5 Å². The summed E-state index contributed by atoms with van der Waals surface area (Å²) in [5.74, 6) is 1.91. The van der Waals surface area contributed by atoms with Crippen molar-refractivity contribution in [2.75, 3.05) is 0 Å². The van der Waals surface area contributed by atoms with Crippen LogP contribution < -0.4 is 0 Å². The van der Waals surface area contributed by atoms with Gasteiger partial charge >= 0.3 is 0 Å². The van der Waals surface area contributed by atoms with E-state index in [0.717, 1.165) is 71.7 Å². The van der Waals surface area contributed by atoms with E-state index in [9.17, 15) is 0 Å². The van der Waals surface area contributed by atoms with Crippen molar-refractivity contribution in [1.29, 1.82) is 0 Å². The molecule has 0 unspecified atom stereocenters. The van der Waals surface area contributed by atoms with E-state index >= 15 is 0 Å². The Morgan fingerprint density at radius 3 is 1.49 bits per heavy atom. The lowest BCUT2D eigenvalue weighted by Gasteiger charge is -2.12. The van der Waals surface area contributed by atoms with E-state index in [0.29, 0.717) is 17.5 Å². The number of para-hydroxylation sites is 2. The van der Waals surface area contributed by atoms with E-state index in [-0.39, 0.29) is 0 Å². The fraction of sp³-hybridized carbons (Fsp3) is 0. The minimum atomic E-state index is 0.626. The highest BCUT2D eigenvalue weighted by atomic mass is 15.0. The van der Waals surface area contributed by atoms with Gasteiger partial charge in [-0.3, -0.25) is 0 Å². The van der Waals surface area contributed by atoms with E-state index in [2.05, 4.69) is 114 Å². The van der Waals surface area contributed by atoms with Crippen molar-refractivity contribution in [3.63, 3.8) is 0 Å². The second kappa shape index (κ2) is 11.9. The molecule has 3 heterocycles. The molecule has 5 nitrogen and oxygen atoms in total. The van der Waals surface area contributed by atoms with Crippen molar-refractivity contribution in [2.24, 2.45) is 0 Å². The molecule has 0 spiro atoms. The molecule has 238 valence electrons. The quantitative estimate of drug-likeness (QED) is 0.174. The van der Waals surface area contributed by atoms with Gasteiger partial charge in [-0.05, 0) is 41.8 Å². The predicted molar refractivity (Wildman–Crippen MR) is 209 cm³/mol. The summed E-state index contributed by atoms with van der Waals surface area (Å²) in [5.41, 5.74) is 9.15. The Bertz CT molecular complexity index is 2830. The zero-order valence-corrected chi connectivity index (χ0v) is 27.5. The van der Waals surface area contributed by atoms with E-state index in [1.165, 1.54) is 5.39 Å². The highest BCUT2D eigenvalue weighted by Gasteiger charge is 2.19. The molecule has 0 bridgehead atoms. The van der Waals surface area contributed by atoms with Gasteiger partial charge in [0.2, 0.25) is 0 Å². The number of benzene rings is 7. The van der Waals surface area contributed by atoms with Gasteiger partial charge in [-0.25, -0.2) is 19.9 Å².